The number of carbonyl (C=O) groups excluding carboxylic acids is 1. The SMILES string of the molecule is O=C1C[C@H]2OCCN12. The molecule has 44 valence electrons. The highest BCUT2D eigenvalue weighted by Gasteiger charge is 2.40. The molecule has 2 aliphatic rings. The van der Waals surface area contributed by atoms with Gasteiger partial charge >= 0.3 is 0 Å². The minimum absolute atomic E-state index is 0.155. The van der Waals surface area contributed by atoms with Crippen LogP contribution in [0, 0.1) is 0 Å². The number of ether oxygens (including phenoxy) is 1. The van der Waals surface area contributed by atoms with Crippen molar-refractivity contribution in [1.29, 1.82) is 0 Å². The molecule has 0 N–H and O–H groups in total. The van der Waals surface area contributed by atoms with Gasteiger partial charge in [-0.2, -0.15) is 0 Å². The second kappa shape index (κ2) is 1.23. The van der Waals surface area contributed by atoms with E-state index >= 15 is 0 Å². The number of hydrogen-bond donors (Lipinski definition) is 0. The van der Waals surface area contributed by atoms with Crippen LogP contribution < -0.4 is 0 Å². The van der Waals surface area contributed by atoms with Gasteiger partial charge in [-0.3, -0.25) is 4.79 Å². The van der Waals surface area contributed by atoms with Gasteiger partial charge < -0.3 is 9.64 Å². The zero-order valence-corrected chi connectivity index (χ0v) is 4.46. The largest absolute Gasteiger partial charge is 0.356 e. The summed E-state index contributed by atoms with van der Waals surface area (Å²) in [4.78, 5) is 12.3. The lowest BCUT2D eigenvalue weighted by molar-refractivity contribution is -0.154. The van der Waals surface area contributed by atoms with Crippen LogP contribution in [0.2, 0.25) is 0 Å². The van der Waals surface area contributed by atoms with Crippen LogP contribution in [-0.4, -0.2) is 30.2 Å². The number of carbonyl (C=O) groups is 1. The number of hydrogen-bond acceptors (Lipinski definition) is 2. The van der Waals surface area contributed by atoms with Crippen LogP contribution in [0.3, 0.4) is 0 Å². The fraction of sp³-hybridized carbons (Fsp3) is 0.800. The highest BCUT2D eigenvalue weighted by atomic mass is 16.5. The van der Waals surface area contributed by atoms with Crippen molar-refractivity contribution in [3.05, 3.63) is 0 Å². The molecule has 2 saturated heterocycles. The Hall–Kier alpha value is -0.570. The van der Waals surface area contributed by atoms with Gasteiger partial charge in [-0.1, -0.05) is 0 Å². The van der Waals surface area contributed by atoms with E-state index in [4.69, 9.17) is 4.74 Å². The summed E-state index contributed by atoms with van der Waals surface area (Å²) in [5, 5.41) is 0. The van der Waals surface area contributed by atoms with Gasteiger partial charge in [0.05, 0.1) is 13.0 Å². The molecular weight excluding hydrogens is 106 g/mol. The van der Waals surface area contributed by atoms with Crippen molar-refractivity contribution in [2.45, 2.75) is 12.6 Å². The Morgan fingerprint density at radius 2 is 2.62 bits per heavy atom. The molecule has 0 saturated carbocycles. The van der Waals surface area contributed by atoms with Crippen LogP contribution in [0.1, 0.15) is 6.42 Å². The predicted octanol–water partition coefficient (Wildman–Crippen LogP) is -0.425. The molecule has 2 aliphatic heterocycles. The molecule has 0 aromatic rings. The minimum atomic E-state index is 0.155. The van der Waals surface area contributed by atoms with Crippen LogP contribution in [0.25, 0.3) is 0 Å². The van der Waals surface area contributed by atoms with Crippen molar-refractivity contribution >= 4 is 5.91 Å². The van der Waals surface area contributed by atoms with E-state index in [1.54, 1.807) is 4.90 Å². The fourth-order valence-electron chi connectivity index (χ4n) is 1.13. The lowest BCUT2D eigenvalue weighted by Crippen LogP contribution is -2.48. The molecule has 0 spiro atoms. The molecule has 0 aliphatic carbocycles. The summed E-state index contributed by atoms with van der Waals surface area (Å²) in [7, 11) is 0. The summed E-state index contributed by atoms with van der Waals surface area (Å²) in [6.07, 6.45) is 0.766. The van der Waals surface area contributed by atoms with Gasteiger partial charge in [-0.15, -0.1) is 0 Å². The topological polar surface area (TPSA) is 29.5 Å². The maximum atomic E-state index is 10.6. The molecular formula is C5H7NO2. The molecule has 3 heteroatoms. The Labute approximate surface area is 47.2 Å². The van der Waals surface area contributed by atoms with Gasteiger partial charge in [0.2, 0.25) is 5.91 Å². The van der Waals surface area contributed by atoms with Gasteiger partial charge in [0.1, 0.15) is 6.23 Å². The zero-order valence-electron chi connectivity index (χ0n) is 4.46. The molecule has 3 nitrogen and oxygen atoms in total. The summed E-state index contributed by atoms with van der Waals surface area (Å²) in [5.41, 5.74) is 0. The van der Waals surface area contributed by atoms with Crippen LogP contribution in [0.4, 0.5) is 0 Å². The monoisotopic (exact) mass is 113 g/mol. The van der Waals surface area contributed by atoms with Gasteiger partial charge in [-0.05, 0) is 0 Å². The molecule has 1 amide bonds. The number of β-lactam (4-membered cyclic amide) rings is 1. The van der Waals surface area contributed by atoms with Crippen molar-refractivity contribution in [2.24, 2.45) is 0 Å². The van der Waals surface area contributed by atoms with E-state index in [0.29, 0.717) is 6.42 Å². The van der Waals surface area contributed by atoms with Crippen LogP contribution in [0.15, 0.2) is 0 Å². The normalized spacial score (nSPS) is 34.8. The molecule has 0 bridgehead atoms. The van der Waals surface area contributed by atoms with E-state index in [0.717, 1.165) is 13.2 Å². The number of fused-ring (bicyclic) bond motifs is 1. The Morgan fingerprint density at radius 3 is 3.12 bits per heavy atom. The summed E-state index contributed by atoms with van der Waals surface area (Å²) < 4.78 is 5.13. The Balaban J connectivity index is 2.11. The van der Waals surface area contributed by atoms with Crippen molar-refractivity contribution in [3.8, 4) is 0 Å². The Morgan fingerprint density at radius 1 is 1.75 bits per heavy atom. The first-order valence-electron chi connectivity index (χ1n) is 2.79. The zero-order chi connectivity index (χ0) is 5.56. The summed E-state index contributed by atoms with van der Waals surface area (Å²) in [5.74, 6) is 0.243. The number of amides is 1. The van der Waals surface area contributed by atoms with Gasteiger partial charge in [-0.25, -0.2) is 0 Å². The average molecular weight is 113 g/mol. The van der Waals surface area contributed by atoms with Crippen molar-refractivity contribution < 1.29 is 9.53 Å². The maximum Gasteiger partial charge on any atom is 0.229 e. The summed E-state index contributed by atoms with van der Waals surface area (Å²) >= 11 is 0. The first-order chi connectivity index (χ1) is 3.88. The van der Waals surface area contributed by atoms with Crippen LogP contribution in [0.5, 0.6) is 0 Å². The average Bonchev–Trinajstić information content (AvgIpc) is 2.09. The van der Waals surface area contributed by atoms with E-state index in [1.807, 2.05) is 0 Å². The third kappa shape index (κ3) is 0.351. The first kappa shape index (κ1) is 4.32. The lowest BCUT2D eigenvalue weighted by atomic mass is 10.2. The molecule has 0 aromatic carbocycles. The third-order valence-corrected chi connectivity index (χ3v) is 1.66. The molecule has 8 heavy (non-hydrogen) atoms. The van der Waals surface area contributed by atoms with E-state index in [1.165, 1.54) is 0 Å². The van der Waals surface area contributed by atoms with Crippen molar-refractivity contribution in [3.63, 3.8) is 0 Å². The second-order valence-electron chi connectivity index (χ2n) is 2.12. The predicted molar refractivity (Wildman–Crippen MR) is 26.1 cm³/mol. The van der Waals surface area contributed by atoms with Gasteiger partial charge in [0, 0.05) is 6.54 Å². The summed E-state index contributed by atoms with van der Waals surface area (Å²) in [6, 6.07) is 0. The molecule has 0 aromatic heterocycles. The quantitative estimate of drug-likeness (QED) is 0.399. The third-order valence-electron chi connectivity index (χ3n) is 1.66. The van der Waals surface area contributed by atoms with E-state index in [-0.39, 0.29) is 12.1 Å². The highest BCUT2D eigenvalue weighted by molar-refractivity contribution is 5.82. The standard InChI is InChI=1S/C5H7NO2/c7-4-3-5-6(4)1-2-8-5/h5H,1-3H2/t5-/m1/s1. The summed E-state index contributed by atoms with van der Waals surface area (Å²) in [6.45, 7) is 1.54. The van der Waals surface area contributed by atoms with Crippen LogP contribution in [-0.2, 0) is 9.53 Å². The lowest BCUT2D eigenvalue weighted by Gasteiger charge is -2.31. The molecule has 2 heterocycles. The van der Waals surface area contributed by atoms with E-state index in [9.17, 15) is 4.79 Å². The van der Waals surface area contributed by atoms with Crippen LogP contribution >= 0.6 is 0 Å². The van der Waals surface area contributed by atoms with Gasteiger partial charge in [0.25, 0.3) is 0 Å². The Bertz CT molecular complexity index is 134. The fourth-order valence-corrected chi connectivity index (χ4v) is 1.13. The molecule has 2 fully saturated rings. The van der Waals surface area contributed by atoms with Gasteiger partial charge in [0.15, 0.2) is 0 Å². The molecule has 1 atom stereocenters. The smallest absolute Gasteiger partial charge is 0.229 e. The highest BCUT2D eigenvalue weighted by Crippen LogP contribution is 2.23. The first-order valence-corrected chi connectivity index (χ1v) is 2.79. The van der Waals surface area contributed by atoms with Crippen molar-refractivity contribution in [2.75, 3.05) is 13.2 Å². The molecule has 2 rings (SSSR count). The number of rotatable bonds is 0. The molecule has 0 radical (unpaired) electrons. The molecule has 0 unspecified atom stereocenters. The second-order valence-corrected chi connectivity index (χ2v) is 2.12. The van der Waals surface area contributed by atoms with Crippen molar-refractivity contribution in [1.82, 2.24) is 4.90 Å². The van der Waals surface area contributed by atoms with E-state index in [2.05, 4.69) is 0 Å². The number of nitrogens with zero attached hydrogens (tertiary/aromatic N) is 1. The Kier molecular flexibility index (Phi) is 0.663. The minimum Gasteiger partial charge on any atom is -0.356 e. The maximum absolute atomic E-state index is 10.6. The van der Waals surface area contributed by atoms with E-state index < -0.39 is 0 Å².